The molecule has 1 aliphatic rings. The number of ether oxygens (including phenoxy) is 2. The molecule has 1 fully saturated rings. The summed E-state index contributed by atoms with van der Waals surface area (Å²) < 4.78 is 11.1. The van der Waals surface area contributed by atoms with Gasteiger partial charge in [0.25, 0.3) is 0 Å². The summed E-state index contributed by atoms with van der Waals surface area (Å²) in [6.07, 6.45) is 1.81. The number of benzene rings is 1. The zero-order valence-corrected chi connectivity index (χ0v) is 13.5. The molecule has 2 N–H and O–H groups in total. The first-order chi connectivity index (χ1) is 10.1. The fraction of sp³-hybridized carbons (Fsp3) is 0.600. The summed E-state index contributed by atoms with van der Waals surface area (Å²) in [7, 11) is 0. The van der Waals surface area contributed by atoms with Crippen molar-refractivity contribution in [2.45, 2.75) is 38.0 Å². The topological polar surface area (TPSA) is 50.7 Å². The minimum absolute atomic E-state index is 0.173. The Morgan fingerprint density at radius 3 is 2.95 bits per heavy atom. The molecule has 3 atom stereocenters. The van der Waals surface area contributed by atoms with Crippen LogP contribution in [0.5, 0.6) is 5.75 Å². The van der Waals surface area contributed by atoms with Crippen LogP contribution in [0.3, 0.4) is 0 Å². The smallest absolute Gasteiger partial charge is 0.138 e. The van der Waals surface area contributed by atoms with Crippen molar-refractivity contribution in [2.24, 2.45) is 0 Å². The lowest BCUT2D eigenvalue weighted by Crippen LogP contribution is -2.42. The minimum Gasteiger partial charge on any atom is -0.489 e. The summed E-state index contributed by atoms with van der Waals surface area (Å²) in [5.74, 6) is 0.521. The van der Waals surface area contributed by atoms with Gasteiger partial charge >= 0.3 is 0 Å². The zero-order valence-electron chi connectivity index (χ0n) is 12.0. The molecule has 1 aliphatic heterocycles. The molecule has 0 saturated carbocycles. The van der Waals surface area contributed by atoms with E-state index in [0.717, 1.165) is 19.4 Å². The van der Waals surface area contributed by atoms with Crippen molar-refractivity contribution in [3.63, 3.8) is 0 Å². The highest BCUT2D eigenvalue weighted by atomic mass is 35.5. The van der Waals surface area contributed by atoms with E-state index >= 15 is 0 Å². The Hall–Kier alpha value is -0.520. The second-order valence-corrected chi connectivity index (χ2v) is 6.13. The van der Waals surface area contributed by atoms with Gasteiger partial charge in [0.15, 0.2) is 0 Å². The number of aliphatic hydroxyl groups is 1. The molecule has 3 unspecified atom stereocenters. The minimum atomic E-state index is -0.611. The highest BCUT2D eigenvalue weighted by Crippen LogP contribution is 2.27. The fourth-order valence-electron chi connectivity index (χ4n) is 2.29. The van der Waals surface area contributed by atoms with Gasteiger partial charge in [0.1, 0.15) is 18.5 Å². The lowest BCUT2D eigenvalue weighted by molar-refractivity contribution is 0.0675. The van der Waals surface area contributed by atoms with E-state index in [1.807, 2.05) is 0 Å². The summed E-state index contributed by atoms with van der Waals surface area (Å²) in [6.45, 7) is 3.52. The van der Waals surface area contributed by atoms with Crippen LogP contribution in [-0.4, -0.2) is 43.1 Å². The molecule has 1 heterocycles. The second kappa shape index (κ2) is 8.20. The monoisotopic (exact) mass is 333 g/mol. The Bertz CT molecular complexity index is 453. The van der Waals surface area contributed by atoms with Crippen molar-refractivity contribution in [2.75, 3.05) is 19.8 Å². The molecule has 1 aromatic rings. The van der Waals surface area contributed by atoms with E-state index in [2.05, 4.69) is 12.2 Å². The van der Waals surface area contributed by atoms with Crippen molar-refractivity contribution in [3.05, 3.63) is 28.2 Å². The van der Waals surface area contributed by atoms with E-state index in [-0.39, 0.29) is 18.8 Å². The Morgan fingerprint density at radius 2 is 2.29 bits per heavy atom. The van der Waals surface area contributed by atoms with Crippen LogP contribution in [0.4, 0.5) is 0 Å². The van der Waals surface area contributed by atoms with Crippen molar-refractivity contribution in [1.82, 2.24) is 5.32 Å². The zero-order chi connectivity index (χ0) is 15.2. The van der Waals surface area contributed by atoms with Crippen molar-refractivity contribution in [3.8, 4) is 5.75 Å². The van der Waals surface area contributed by atoms with Gasteiger partial charge in [-0.2, -0.15) is 0 Å². The maximum absolute atomic E-state index is 9.95. The molecule has 4 nitrogen and oxygen atoms in total. The Kier molecular flexibility index (Phi) is 6.58. The average molecular weight is 334 g/mol. The Labute approximate surface area is 135 Å². The van der Waals surface area contributed by atoms with Crippen LogP contribution in [0.25, 0.3) is 0 Å². The van der Waals surface area contributed by atoms with Crippen LogP contribution >= 0.6 is 23.2 Å². The van der Waals surface area contributed by atoms with Gasteiger partial charge in [-0.25, -0.2) is 0 Å². The average Bonchev–Trinajstić information content (AvgIpc) is 2.98. The van der Waals surface area contributed by atoms with Gasteiger partial charge in [-0.1, -0.05) is 23.2 Å². The third-order valence-corrected chi connectivity index (χ3v) is 4.05. The third kappa shape index (κ3) is 5.31. The maximum Gasteiger partial charge on any atom is 0.138 e. The molecule has 0 amide bonds. The summed E-state index contributed by atoms with van der Waals surface area (Å²) in [5.41, 5.74) is 0. The van der Waals surface area contributed by atoms with Crippen LogP contribution in [0.15, 0.2) is 18.2 Å². The van der Waals surface area contributed by atoms with Crippen molar-refractivity contribution in [1.29, 1.82) is 0 Å². The van der Waals surface area contributed by atoms with Crippen LogP contribution in [0, 0.1) is 0 Å². The van der Waals surface area contributed by atoms with Crippen LogP contribution < -0.4 is 10.1 Å². The molecule has 1 saturated heterocycles. The predicted molar refractivity (Wildman–Crippen MR) is 84.4 cm³/mol. The van der Waals surface area contributed by atoms with Crippen molar-refractivity contribution < 1.29 is 14.6 Å². The molecule has 0 bridgehead atoms. The summed E-state index contributed by atoms with van der Waals surface area (Å²) in [5, 5.41) is 14.2. The molecule has 21 heavy (non-hydrogen) atoms. The van der Waals surface area contributed by atoms with Gasteiger partial charge in [0.05, 0.1) is 11.1 Å². The van der Waals surface area contributed by atoms with E-state index in [4.69, 9.17) is 32.7 Å². The maximum atomic E-state index is 9.95. The standard InChI is InChI=1S/C15H21Cl2NO3/c1-10(14-3-2-6-20-14)18-8-12(19)9-21-15-5-4-11(16)7-13(15)17/h4-5,7,10,12,14,18-19H,2-3,6,8-9H2,1H3. The van der Waals surface area contributed by atoms with Gasteiger partial charge in [0, 0.05) is 24.2 Å². The lowest BCUT2D eigenvalue weighted by atomic mass is 10.1. The summed E-state index contributed by atoms with van der Waals surface area (Å²) >= 11 is 11.8. The van der Waals surface area contributed by atoms with E-state index in [9.17, 15) is 5.11 Å². The highest BCUT2D eigenvalue weighted by Gasteiger charge is 2.22. The lowest BCUT2D eigenvalue weighted by Gasteiger charge is -2.22. The number of hydrogen-bond acceptors (Lipinski definition) is 4. The van der Waals surface area contributed by atoms with Crippen LogP contribution in [-0.2, 0) is 4.74 Å². The second-order valence-electron chi connectivity index (χ2n) is 5.29. The van der Waals surface area contributed by atoms with Gasteiger partial charge in [-0.3, -0.25) is 0 Å². The number of halogens is 2. The first-order valence-electron chi connectivity index (χ1n) is 7.17. The first kappa shape index (κ1) is 16.8. The Balaban J connectivity index is 1.70. The number of hydrogen-bond donors (Lipinski definition) is 2. The van der Waals surface area contributed by atoms with Crippen LogP contribution in [0.2, 0.25) is 10.0 Å². The van der Waals surface area contributed by atoms with Gasteiger partial charge in [-0.15, -0.1) is 0 Å². The van der Waals surface area contributed by atoms with E-state index in [1.165, 1.54) is 0 Å². The summed E-state index contributed by atoms with van der Waals surface area (Å²) in [4.78, 5) is 0. The fourth-order valence-corrected chi connectivity index (χ4v) is 2.75. The quantitative estimate of drug-likeness (QED) is 0.805. The largest absolute Gasteiger partial charge is 0.489 e. The summed E-state index contributed by atoms with van der Waals surface area (Å²) in [6, 6.07) is 5.23. The molecular formula is C15H21Cl2NO3. The Morgan fingerprint density at radius 1 is 1.48 bits per heavy atom. The van der Waals surface area contributed by atoms with E-state index < -0.39 is 6.10 Å². The van der Waals surface area contributed by atoms with Crippen molar-refractivity contribution >= 4 is 23.2 Å². The van der Waals surface area contributed by atoms with E-state index in [0.29, 0.717) is 22.3 Å². The number of rotatable bonds is 7. The van der Waals surface area contributed by atoms with Crippen LogP contribution in [0.1, 0.15) is 19.8 Å². The molecule has 118 valence electrons. The molecule has 0 radical (unpaired) electrons. The number of nitrogens with one attached hydrogen (secondary N) is 1. The molecule has 6 heteroatoms. The van der Waals surface area contributed by atoms with E-state index in [1.54, 1.807) is 18.2 Å². The van der Waals surface area contributed by atoms with Gasteiger partial charge in [0.2, 0.25) is 0 Å². The van der Waals surface area contributed by atoms with Gasteiger partial charge < -0.3 is 19.9 Å². The molecule has 1 aromatic carbocycles. The third-order valence-electron chi connectivity index (χ3n) is 3.52. The number of aliphatic hydroxyl groups excluding tert-OH is 1. The molecule has 0 aromatic heterocycles. The molecular weight excluding hydrogens is 313 g/mol. The normalized spacial score (nSPS) is 21.2. The van der Waals surface area contributed by atoms with Gasteiger partial charge in [-0.05, 0) is 38.0 Å². The SMILES string of the molecule is CC(NCC(O)COc1ccc(Cl)cc1Cl)C1CCCO1. The highest BCUT2D eigenvalue weighted by molar-refractivity contribution is 6.35. The predicted octanol–water partition coefficient (Wildman–Crippen LogP) is 2.89. The molecule has 0 aliphatic carbocycles. The molecule has 0 spiro atoms. The molecule has 2 rings (SSSR count). The first-order valence-corrected chi connectivity index (χ1v) is 7.92.